The third-order valence-electron chi connectivity index (χ3n) is 2.39. The average Bonchev–Trinajstić information content (AvgIpc) is 2.65. The molecular formula is C9H12B2N4O. The fraction of sp³-hybridized carbons (Fsp3) is 0.667. The topological polar surface area (TPSA) is 54.5 Å². The molecule has 7 heteroatoms. The average molecular weight is 214 g/mol. The van der Waals surface area contributed by atoms with Gasteiger partial charge < -0.3 is 9.42 Å². The van der Waals surface area contributed by atoms with E-state index in [1.165, 1.54) is 0 Å². The van der Waals surface area contributed by atoms with Crippen LogP contribution in [0.5, 0.6) is 0 Å². The van der Waals surface area contributed by atoms with Crippen LogP contribution in [0.2, 0.25) is 0 Å². The number of likely N-dealkylation sites (N-methyl/N-ethyl adjacent to an activating group) is 1. The van der Waals surface area contributed by atoms with Gasteiger partial charge in [-0.05, 0) is 5.21 Å². The first-order valence-corrected chi connectivity index (χ1v) is 5.09. The number of aliphatic imine (C=N–C) groups is 1. The van der Waals surface area contributed by atoms with Gasteiger partial charge in [-0.2, -0.15) is 4.98 Å². The van der Waals surface area contributed by atoms with Crippen LogP contribution in [0.15, 0.2) is 9.52 Å². The van der Waals surface area contributed by atoms with Crippen molar-refractivity contribution in [1.29, 1.82) is 0 Å². The van der Waals surface area contributed by atoms with E-state index in [2.05, 4.69) is 15.1 Å². The predicted octanol–water partition coefficient (Wildman–Crippen LogP) is -0.363. The molecule has 16 heavy (non-hydrogen) atoms. The molecule has 4 radical (unpaired) electrons. The lowest BCUT2D eigenvalue weighted by atomic mass is 9.55. The van der Waals surface area contributed by atoms with Crippen molar-refractivity contribution < 1.29 is 4.52 Å². The van der Waals surface area contributed by atoms with Gasteiger partial charge in [-0.25, -0.2) is 0 Å². The molecule has 1 aromatic rings. The highest BCUT2D eigenvalue weighted by molar-refractivity contribution is 6.39. The zero-order chi connectivity index (χ0) is 11.8. The molecule has 0 saturated heterocycles. The lowest BCUT2D eigenvalue weighted by molar-refractivity contribution is 0.321. The molecule has 1 unspecified atom stereocenters. The van der Waals surface area contributed by atoms with Crippen molar-refractivity contribution in [3.63, 3.8) is 0 Å². The van der Waals surface area contributed by atoms with Crippen LogP contribution in [-0.2, 0) is 5.21 Å². The van der Waals surface area contributed by atoms with E-state index in [0.717, 1.165) is 6.54 Å². The van der Waals surface area contributed by atoms with E-state index in [0.29, 0.717) is 18.3 Å². The highest BCUT2D eigenvalue weighted by atomic mass is 16.5. The summed E-state index contributed by atoms with van der Waals surface area (Å²) in [5.74, 6) is 0.971. The van der Waals surface area contributed by atoms with Gasteiger partial charge in [-0.1, -0.05) is 12.1 Å². The monoisotopic (exact) mass is 214 g/mol. The molecule has 0 spiro atoms. The first kappa shape index (κ1) is 11.2. The molecular weight excluding hydrogens is 202 g/mol. The van der Waals surface area contributed by atoms with E-state index in [4.69, 9.17) is 20.2 Å². The Morgan fingerprint density at radius 3 is 2.88 bits per heavy atom. The maximum atomic E-state index is 5.68. The smallest absolute Gasteiger partial charge is 0.233 e. The molecule has 0 fully saturated rings. The second-order valence-corrected chi connectivity index (χ2v) is 4.36. The largest absolute Gasteiger partial charge is 0.365 e. The van der Waals surface area contributed by atoms with Crippen LogP contribution in [0.3, 0.4) is 0 Å². The zero-order valence-corrected chi connectivity index (χ0v) is 9.42. The summed E-state index contributed by atoms with van der Waals surface area (Å²) in [6.45, 7) is 3.08. The number of rotatable bonds is 2. The van der Waals surface area contributed by atoms with Gasteiger partial charge in [0.1, 0.15) is 0 Å². The van der Waals surface area contributed by atoms with Gasteiger partial charge in [0, 0.05) is 13.6 Å². The van der Waals surface area contributed by atoms with Crippen LogP contribution in [-0.4, -0.2) is 57.2 Å². The van der Waals surface area contributed by atoms with Crippen molar-refractivity contribution in [3.8, 4) is 0 Å². The van der Waals surface area contributed by atoms with Gasteiger partial charge in [0.15, 0.2) is 5.82 Å². The Labute approximate surface area is 97.1 Å². The maximum absolute atomic E-state index is 5.68. The molecule has 1 aliphatic heterocycles. The standard InChI is InChI=1S/C9H12B2N4O/c1-9(10,11)8-13-7(16-14-8)6-3-12-5-15(2)4-6/h5-6H,3-4H2,1-2H3. The van der Waals surface area contributed by atoms with Gasteiger partial charge in [-0.3, -0.25) is 4.99 Å². The lowest BCUT2D eigenvalue weighted by Gasteiger charge is -2.22. The second-order valence-electron chi connectivity index (χ2n) is 4.36. The lowest BCUT2D eigenvalue weighted by Crippen LogP contribution is -2.29. The fourth-order valence-corrected chi connectivity index (χ4v) is 1.54. The number of hydrogen-bond acceptors (Lipinski definition) is 5. The predicted molar refractivity (Wildman–Crippen MR) is 61.9 cm³/mol. The SMILES string of the molecule is [B]C([B])(C)c1noc(C2CN=CN(C)C2)n1. The molecule has 0 bridgehead atoms. The fourth-order valence-electron chi connectivity index (χ4n) is 1.54. The Morgan fingerprint density at radius 2 is 2.31 bits per heavy atom. The van der Waals surface area contributed by atoms with Crippen LogP contribution in [0, 0.1) is 0 Å². The zero-order valence-electron chi connectivity index (χ0n) is 9.42. The van der Waals surface area contributed by atoms with E-state index in [1.54, 1.807) is 13.3 Å². The summed E-state index contributed by atoms with van der Waals surface area (Å²) < 4.78 is 5.16. The van der Waals surface area contributed by atoms with E-state index >= 15 is 0 Å². The van der Waals surface area contributed by atoms with Crippen molar-refractivity contribution in [1.82, 2.24) is 15.0 Å². The minimum Gasteiger partial charge on any atom is -0.365 e. The normalized spacial score (nSPS) is 21.4. The van der Waals surface area contributed by atoms with Crippen molar-refractivity contribution in [3.05, 3.63) is 11.7 Å². The summed E-state index contributed by atoms with van der Waals surface area (Å²) >= 11 is 0. The molecule has 0 saturated carbocycles. The van der Waals surface area contributed by atoms with Crippen LogP contribution < -0.4 is 0 Å². The molecule has 80 valence electrons. The van der Waals surface area contributed by atoms with E-state index < -0.39 is 5.21 Å². The third kappa shape index (κ3) is 2.28. The van der Waals surface area contributed by atoms with Crippen molar-refractivity contribution in [2.75, 3.05) is 20.1 Å². The van der Waals surface area contributed by atoms with E-state index in [9.17, 15) is 0 Å². The van der Waals surface area contributed by atoms with Gasteiger partial charge >= 0.3 is 0 Å². The molecule has 0 aliphatic carbocycles. The van der Waals surface area contributed by atoms with Crippen molar-refractivity contribution in [2.24, 2.45) is 4.99 Å². The molecule has 1 aliphatic rings. The van der Waals surface area contributed by atoms with Gasteiger partial charge in [-0.15, -0.1) is 0 Å². The quantitative estimate of drug-likeness (QED) is 0.630. The maximum Gasteiger partial charge on any atom is 0.233 e. The molecule has 1 atom stereocenters. The summed E-state index contributed by atoms with van der Waals surface area (Å²) in [6, 6.07) is 0. The van der Waals surface area contributed by atoms with E-state index in [-0.39, 0.29) is 5.92 Å². The molecule has 1 aromatic heterocycles. The first-order chi connectivity index (χ1) is 7.47. The Morgan fingerprint density at radius 1 is 1.56 bits per heavy atom. The second kappa shape index (κ2) is 3.96. The summed E-state index contributed by atoms with van der Waals surface area (Å²) in [6.07, 6.45) is 1.80. The van der Waals surface area contributed by atoms with Crippen LogP contribution >= 0.6 is 0 Å². The number of aromatic nitrogens is 2. The van der Waals surface area contributed by atoms with Crippen LogP contribution in [0.25, 0.3) is 0 Å². The Balaban J connectivity index is 2.16. The first-order valence-electron chi connectivity index (χ1n) is 5.09. The minimum absolute atomic E-state index is 0.110. The Bertz CT molecular complexity index is 398. The highest BCUT2D eigenvalue weighted by Crippen LogP contribution is 2.20. The minimum atomic E-state index is -1.06. The number of hydrogen-bond donors (Lipinski definition) is 0. The summed E-state index contributed by atoms with van der Waals surface area (Å²) in [5, 5.41) is 2.72. The van der Waals surface area contributed by atoms with Gasteiger partial charge in [0.05, 0.1) is 34.5 Å². The molecule has 0 N–H and O–H groups in total. The number of nitrogens with zero attached hydrogens (tertiary/aromatic N) is 4. The molecule has 2 heterocycles. The Hall–Kier alpha value is -1.26. The van der Waals surface area contributed by atoms with Crippen molar-refractivity contribution in [2.45, 2.75) is 18.1 Å². The third-order valence-corrected chi connectivity index (χ3v) is 2.39. The Kier molecular flexibility index (Phi) is 2.78. The molecule has 5 nitrogen and oxygen atoms in total. The van der Waals surface area contributed by atoms with Gasteiger partial charge in [0.25, 0.3) is 0 Å². The molecule has 0 amide bonds. The van der Waals surface area contributed by atoms with E-state index in [1.807, 2.05) is 11.9 Å². The molecule has 0 aromatic carbocycles. The summed E-state index contributed by atoms with van der Waals surface area (Å²) in [7, 11) is 13.3. The van der Waals surface area contributed by atoms with Crippen LogP contribution in [0.4, 0.5) is 0 Å². The molecule has 2 rings (SSSR count). The summed E-state index contributed by atoms with van der Waals surface area (Å²) in [5.41, 5.74) is 0. The highest BCUT2D eigenvalue weighted by Gasteiger charge is 2.25. The summed E-state index contributed by atoms with van der Waals surface area (Å²) in [4.78, 5) is 10.4. The van der Waals surface area contributed by atoms with Gasteiger partial charge in [0.2, 0.25) is 5.89 Å². The van der Waals surface area contributed by atoms with Crippen LogP contribution in [0.1, 0.15) is 24.6 Å². The van der Waals surface area contributed by atoms with Crippen molar-refractivity contribution >= 4 is 22.0 Å².